The maximum absolute atomic E-state index is 12.9. The fourth-order valence-electron chi connectivity index (χ4n) is 3.21. The van der Waals surface area contributed by atoms with Crippen LogP contribution in [-0.4, -0.2) is 59.9 Å². The van der Waals surface area contributed by atoms with E-state index in [1.807, 2.05) is 29.2 Å². The van der Waals surface area contributed by atoms with Gasteiger partial charge in [-0.3, -0.25) is 4.79 Å². The largest absolute Gasteiger partial charge is 0.396 e. The van der Waals surface area contributed by atoms with Crippen LogP contribution in [0.3, 0.4) is 0 Å². The second kappa shape index (κ2) is 8.68. The third-order valence-electron chi connectivity index (χ3n) is 4.48. The van der Waals surface area contributed by atoms with E-state index in [0.717, 1.165) is 31.6 Å². The van der Waals surface area contributed by atoms with Crippen LogP contribution in [0.1, 0.15) is 50.4 Å². The van der Waals surface area contributed by atoms with Crippen molar-refractivity contribution in [1.29, 1.82) is 0 Å². The monoisotopic (exact) mass is 348 g/mol. The summed E-state index contributed by atoms with van der Waals surface area (Å²) in [6, 6.07) is 7.76. The van der Waals surface area contributed by atoms with E-state index in [2.05, 4.69) is 25.7 Å². The number of aliphatic hydroxyl groups is 2. The molecule has 1 amide bonds. The Morgan fingerprint density at radius 1 is 1.20 bits per heavy atom. The lowest BCUT2D eigenvalue weighted by molar-refractivity contribution is 0.0682. The van der Waals surface area contributed by atoms with E-state index in [4.69, 9.17) is 5.11 Å². The summed E-state index contributed by atoms with van der Waals surface area (Å²) in [6.07, 6.45) is 1.99. The lowest BCUT2D eigenvalue weighted by Gasteiger charge is -2.32. The van der Waals surface area contributed by atoms with Crippen molar-refractivity contribution in [2.24, 2.45) is 5.41 Å². The molecule has 25 heavy (non-hydrogen) atoms. The fourth-order valence-corrected chi connectivity index (χ4v) is 3.21. The highest BCUT2D eigenvalue weighted by molar-refractivity contribution is 5.94. The van der Waals surface area contributed by atoms with E-state index < -0.39 is 0 Å². The molecule has 1 heterocycles. The van der Waals surface area contributed by atoms with Crippen LogP contribution in [0.25, 0.3) is 0 Å². The van der Waals surface area contributed by atoms with E-state index in [0.29, 0.717) is 25.1 Å². The van der Waals surface area contributed by atoms with Gasteiger partial charge < -0.3 is 20.0 Å². The quantitative estimate of drug-likeness (QED) is 0.829. The molecule has 0 bridgehead atoms. The zero-order chi connectivity index (χ0) is 18.4. The van der Waals surface area contributed by atoms with Crippen LogP contribution in [0.15, 0.2) is 24.3 Å². The maximum atomic E-state index is 12.9. The summed E-state index contributed by atoms with van der Waals surface area (Å²) in [7, 11) is 0. The van der Waals surface area contributed by atoms with Gasteiger partial charge in [0.05, 0.1) is 6.10 Å². The molecule has 1 fully saturated rings. The predicted molar refractivity (Wildman–Crippen MR) is 101 cm³/mol. The van der Waals surface area contributed by atoms with Crippen molar-refractivity contribution in [2.75, 3.05) is 37.7 Å². The second-order valence-electron chi connectivity index (χ2n) is 8.13. The van der Waals surface area contributed by atoms with Gasteiger partial charge in [0.25, 0.3) is 5.91 Å². The molecule has 5 nitrogen and oxygen atoms in total. The number of anilines is 1. The van der Waals surface area contributed by atoms with E-state index in [-0.39, 0.29) is 24.0 Å². The van der Waals surface area contributed by atoms with Crippen LogP contribution in [0.5, 0.6) is 0 Å². The highest BCUT2D eigenvalue weighted by atomic mass is 16.3. The first-order chi connectivity index (χ1) is 11.8. The first-order valence-corrected chi connectivity index (χ1v) is 9.23. The van der Waals surface area contributed by atoms with Crippen molar-refractivity contribution in [3.8, 4) is 0 Å². The average Bonchev–Trinajstić information content (AvgIpc) is 2.58. The number of carbonyl (C=O) groups excluding carboxylic acids is 1. The van der Waals surface area contributed by atoms with Gasteiger partial charge in [-0.05, 0) is 48.9 Å². The first kappa shape index (κ1) is 19.7. The van der Waals surface area contributed by atoms with Crippen molar-refractivity contribution in [3.05, 3.63) is 29.8 Å². The molecule has 5 heteroatoms. The molecule has 0 spiro atoms. The Balaban J connectivity index is 2.06. The number of aliphatic hydroxyl groups excluding tert-OH is 2. The van der Waals surface area contributed by atoms with E-state index in [1.54, 1.807) is 0 Å². The topological polar surface area (TPSA) is 64.0 Å². The molecule has 0 atom stereocenters. The van der Waals surface area contributed by atoms with Crippen LogP contribution in [0.2, 0.25) is 0 Å². The van der Waals surface area contributed by atoms with Crippen molar-refractivity contribution in [2.45, 2.75) is 46.1 Å². The van der Waals surface area contributed by atoms with Gasteiger partial charge in [-0.15, -0.1) is 0 Å². The molecule has 0 aromatic heterocycles. The summed E-state index contributed by atoms with van der Waals surface area (Å²) in [5.74, 6) is 0.0176. The Hall–Kier alpha value is -1.59. The minimum absolute atomic E-state index is 0.0136. The normalized spacial score (nSPS) is 16.1. The molecule has 0 saturated carbocycles. The van der Waals surface area contributed by atoms with E-state index in [9.17, 15) is 9.90 Å². The number of piperidine rings is 1. The lowest BCUT2D eigenvalue weighted by Crippen LogP contribution is -2.39. The third kappa shape index (κ3) is 6.01. The second-order valence-corrected chi connectivity index (χ2v) is 8.13. The van der Waals surface area contributed by atoms with Crippen LogP contribution >= 0.6 is 0 Å². The first-order valence-electron chi connectivity index (χ1n) is 9.23. The smallest absolute Gasteiger partial charge is 0.253 e. The Bertz CT molecular complexity index is 543. The molecular weight excluding hydrogens is 316 g/mol. The van der Waals surface area contributed by atoms with Crippen molar-refractivity contribution in [3.63, 3.8) is 0 Å². The molecule has 0 unspecified atom stereocenters. The average molecular weight is 348 g/mol. The van der Waals surface area contributed by atoms with Crippen molar-refractivity contribution >= 4 is 11.6 Å². The minimum Gasteiger partial charge on any atom is -0.396 e. The summed E-state index contributed by atoms with van der Waals surface area (Å²) in [5, 5.41) is 18.7. The number of hydrogen-bond donors (Lipinski definition) is 2. The summed E-state index contributed by atoms with van der Waals surface area (Å²) >= 11 is 0. The molecule has 1 saturated heterocycles. The molecule has 1 aromatic carbocycles. The van der Waals surface area contributed by atoms with Crippen molar-refractivity contribution in [1.82, 2.24) is 4.90 Å². The van der Waals surface area contributed by atoms with E-state index >= 15 is 0 Å². The Kier molecular flexibility index (Phi) is 6.85. The SMILES string of the molecule is CC(C)(C)CN(CCCO)C(=O)c1ccc(N2CCC(O)CC2)cc1. The van der Waals surface area contributed by atoms with Gasteiger partial charge in [-0.25, -0.2) is 0 Å². The van der Waals surface area contributed by atoms with Crippen LogP contribution in [-0.2, 0) is 0 Å². The number of nitrogens with zero attached hydrogens (tertiary/aromatic N) is 2. The molecular formula is C20H32N2O3. The van der Waals surface area contributed by atoms with Crippen LogP contribution < -0.4 is 4.90 Å². The number of hydrogen-bond acceptors (Lipinski definition) is 4. The summed E-state index contributed by atoms with van der Waals surface area (Å²) in [6.45, 7) is 9.35. The molecule has 0 radical (unpaired) electrons. The number of carbonyl (C=O) groups is 1. The molecule has 1 aromatic rings. The number of rotatable bonds is 6. The summed E-state index contributed by atoms with van der Waals surface area (Å²) < 4.78 is 0. The zero-order valence-electron chi connectivity index (χ0n) is 15.7. The predicted octanol–water partition coefficient (Wildman–Crippen LogP) is 2.52. The Labute approximate surface area is 151 Å². The lowest BCUT2D eigenvalue weighted by atomic mass is 9.95. The van der Waals surface area contributed by atoms with Crippen LogP contribution in [0, 0.1) is 5.41 Å². The standard InChI is InChI=1S/C20H32N2O3/c1-20(2,3)15-22(11-4-14-23)19(25)16-5-7-17(8-6-16)21-12-9-18(24)10-13-21/h5-8,18,23-24H,4,9-15H2,1-3H3. The minimum atomic E-state index is -0.186. The van der Waals surface area contributed by atoms with Crippen LogP contribution in [0.4, 0.5) is 5.69 Å². The zero-order valence-corrected chi connectivity index (χ0v) is 15.7. The van der Waals surface area contributed by atoms with E-state index in [1.165, 1.54) is 0 Å². The van der Waals surface area contributed by atoms with Gasteiger partial charge in [-0.1, -0.05) is 20.8 Å². The molecule has 2 N–H and O–H groups in total. The highest BCUT2D eigenvalue weighted by Gasteiger charge is 2.22. The summed E-state index contributed by atoms with van der Waals surface area (Å²) in [4.78, 5) is 16.9. The molecule has 2 rings (SSSR count). The molecule has 1 aliphatic rings. The van der Waals surface area contributed by atoms with Gasteiger partial charge in [0.2, 0.25) is 0 Å². The van der Waals surface area contributed by atoms with Gasteiger partial charge in [0.1, 0.15) is 0 Å². The number of benzene rings is 1. The van der Waals surface area contributed by atoms with Gasteiger partial charge in [-0.2, -0.15) is 0 Å². The van der Waals surface area contributed by atoms with Gasteiger partial charge in [0.15, 0.2) is 0 Å². The Morgan fingerprint density at radius 3 is 2.32 bits per heavy atom. The fraction of sp³-hybridized carbons (Fsp3) is 0.650. The molecule has 1 aliphatic heterocycles. The highest BCUT2D eigenvalue weighted by Crippen LogP contribution is 2.22. The summed E-state index contributed by atoms with van der Waals surface area (Å²) in [5.41, 5.74) is 1.80. The Morgan fingerprint density at radius 2 is 1.80 bits per heavy atom. The van der Waals surface area contributed by atoms with Gasteiger partial charge in [0, 0.05) is 44.0 Å². The maximum Gasteiger partial charge on any atom is 0.253 e. The molecule has 140 valence electrons. The third-order valence-corrected chi connectivity index (χ3v) is 4.48. The van der Waals surface area contributed by atoms with Gasteiger partial charge >= 0.3 is 0 Å². The molecule has 0 aliphatic carbocycles. The number of amides is 1. The van der Waals surface area contributed by atoms with Crippen molar-refractivity contribution < 1.29 is 15.0 Å².